The zero-order valence-electron chi connectivity index (χ0n) is 17.2. The van der Waals surface area contributed by atoms with Crippen LogP contribution in [0.2, 0.25) is 5.02 Å². The van der Waals surface area contributed by atoms with Crippen LogP contribution < -0.4 is 11.1 Å². The monoisotopic (exact) mass is 444 g/mol. The van der Waals surface area contributed by atoms with Crippen molar-refractivity contribution in [3.05, 3.63) is 112 Å². The van der Waals surface area contributed by atoms with Gasteiger partial charge in [-0.15, -0.1) is 0 Å². The predicted molar refractivity (Wildman–Crippen MR) is 124 cm³/mol. The number of amides is 2. The quantitative estimate of drug-likeness (QED) is 0.445. The van der Waals surface area contributed by atoms with Crippen LogP contribution in [0.4, 0.5) is 0 Å². The number of primary amides is 1. The fourth-order valence-corrected chi connectivity index (χ4v) is 3.50. The molecule has 3 N–H and O–H groups in total. The van der Waals surface area contributed by atoms with E-state index in [0.717, 1.165) is 16.7 Å². The third-order valence-electron chi connectivity index (χ3n) is 4.98. The maximum Gasteiger partial charge on any atom is 0.255 e. The number of carbonyl (C=O) groups excluding carboxylic acids is 2. The summed E-state index contributed by atoms with van der Waals surface area (Å²) < 4.78 is 1.75. The molecule has 0 saturated carbocycles. The summed E-state index contributed by atoms with van der Waals surface area (Å²) in [6, 6.07) is 24.0. The molecule has 0 aliphatic carbocycles. The van der Waals surface area contributed by atoms with Crippen LogP contribution in [0.1, 0.15) is 31.8 Å². The van der Waals surface area contributed by atoms with Crippen molar-refractivity contribution < 1.29 is 9.59 Å². The Morgan fingerprint density at radius 3 is 2.38 bits per heavy atom. The van der Waals surface area contributed by atoms with Gasteiger partial charge >= 0.3 is 0 Å². The highest BCUT2D eigenvalue weighted by Crippen LogP contribution is 2.24. The van der Waals surface area contributed by atoms with Crippen LogP contribution in [0.15, 0.2) is 85.1 Å². The van der Waals surface area contributed by atoms with Crippen LogP contribution in [0.25, 0.3) is 11.3 Å². The third-order valence-corrected chi connectivity index (χ3v) is 5.23. The molecule has 0 saturated heterocycles. The zero-order valence-corrected chi connectivity index (χ0v) is 17.9. The Morgan fingerprint density at radius 2 is 1.66 bits per heavy atom. The van der Waals surface area contributed by atoms with Crippen LogP contribution in [0, 0.1) is 0 Å². The molecule has 7 heteroatoms. The van der Waals surface area contributed by atoms with Gasteiger partial charge in [0.2, 0.25) is 5.91 Å². The van der Waals surface area contributed by atoms with Crippen molar-refractivity contribution in [3.8, 4) is 11.3 Å². The van der Waals surface area contributed by atoms with Crippen molar-refractivity contribution in [1.82, 2.24) is 15.1 Å². The molecule has 3 aromatic carbocycles. The van der Waals surface area contributed by atoms with Crippen LogP contribution in [0.5, 0.6) is 0 Å². The van der Waals surface area contributed by atoms with Gasteiger partial charge in [-0.3, -0.25) is 14.3 Å². The Balaban J connectivity index is 1.60. The molecule has 0 fully saturated rings. The van der Waals surface area contributed by atoms with Gasteiger partial charge in [0.1, 0.15) is 5.69 Å². The first kappa shape index (κ1) is 21.3. The number of carbonyl (C=O) groups is 2. The number of hydrogen-bond donors (Lipinski definition) is 2. The summed E-state index contributed by atoms with van der Waals surface area (Å²) in [6.07, 6.45) is 1.74. The molecule has 0 unspecified atom stereocenters. The molecule has 1 aromatic heterocycles. The van der Waals surface area contributed by atoms with E-state index >= 15 is 0 Å². The van der Waals surface area contributed by atoms with Crippen molar-refractivity contribution in [3.63, 3.8) is 0 Å². The summed E-state index contributed by atoms with van der Waals surface area (Å²) in [6.45, 7) is 0.791. The highest BCUT2D eigenvalue weighted by molar-refractivity contribution is 6.30. The minimum Gasteiger partial charge on any atom is -0.366 e. The van der Waals surface area contributed by atoms with Crippen LogP contribution >= 0.6 is 11.6 Å². The number of rotatable bonds is 7. The Bertz CT molecular complexity index is 1250. The molecule has 160 valence electrons. The molecular weight excluding hydrogens is 424 g/mol. The Hall–Kier alpha value is -3.90. The first-order valence-corrected chi connectivity index (χ1v) is 10.4. The molecule has 4 rings (SSSR count). The number of benzene rings is 3. The molecule has 2 amide bonds. The predicted octanol–water partition coefficient (Wildman–Crippen LogP) is 4.28. The number of nitrogens with one attached hydrogen (secondary N) is 1. The van der Waals surface area contributed by atoms with Gasteiger partial charge < -0.3 is 11.1 Å². The molecule has 0 bridgehead atoms. The van der Waals surface area contributed by atoms with E-state index < -0.39 is 5.91 Å². The number of halogens is 1. The zero-order chi connectivity index (χ0) is 22.5. The topological polar surface area (TPSA) is 90.0 Å². The highest BCUT2D eigenvalue weighted by Gasteiger charge is 2.18. The van der Waals surface area contributed by atoms with Crippen molar-refractivity contribution in [1.29, 1.82) is 0 Å². The molecule has 1 heterocycles. The van der Waals surface area contributed by atoms with E-state index in [1.165, 1.54) is 0 Å². The van der Waals surface area contributed by atoms with Gasteiger partial charge in [-0.2, -0.15) is 5.10 Å². The fourth-order valence-electron chi connectivity index (χ4n) is 3.37. The minimum absolute atomic E-state index is 0.254. The van der Waals surface area contributed by atoms with Crippen LogP contribution in [0.3, 0.4) is 0 Å². The van der Waals surface area contributed by atoms with E-state index in [1.54, 1.807) is 41.2 Å². The van der Waals surface area contributed by atoms with E-state index in [4.69, 9.17) is 17.3 Å². The SMILES string of the molecule is NC(=O)c1cccc(CNC(=O)c2cn(Cc3ccccc3)nc2-c2ccc(Cl)cc2)c1. The Morgan fingerprint density at radius 1 is 0.938 bits per heavy atom. The summed E-state index contributed by atoms with van der Waals surface area (Å²) in [5.41, 5.74) is 9.41. The molecule has 0 aliphatic rings. The van der Waals surface area contributed by atoms with E-state index in [-0.39, 0.29) is 12.5 Å². The third kappa shape index (κ3) is 5.04. The summed E-state index contributed by atoms with van der Waals surface area (Å²) >= 11 is 6.03. The van der Waals surface area contributed by atoms with E-state index in [2.05, 4.69) is 10.4 Å². The minimum atomic E-state index is -0.509. The largest absolute Gasteiger partial charge is 0.366 e. The number of nitrogens with two attached hydrogens (primary N) is 1. The Kier molecular flexibility index (Phi) is 6.33. The lowest BCUT2D eigenvalue weighted by atomic mass is 10.1. The fraction of sp³-hybridized carbons (Fsp3) is 0.0800. The normalized spacial score (nSPS) is 10.7. The molecule has 4 aromatic rings. The Labute approximate surface area is 190 Å². The molecule has 0 aliphatic heterocycles. The van der Waals surface area contributed by atoms with Crippen molar-refractivity contribution >= 4 is 23.4 Å². The molecular formula is C25H21ClN4O2. The lowest BCUT2D eigenvalue weighted by Gasteiger charge is -2.07. The smallest absolute Gasteiger partial charge is 0.255 e. The summed E-state index contributed by atoms with van der Waals surface area (Å²) in [7, 11) is 0. The van der Waals surface area contributed by atoms with Crippen molar-refractivity contribution in [2.45, 2.75) is 13.1 Å². The van der Waals surface area contributed by atoms with Gasteiger partial charge in [0, 0.05) is 28.9 Å². The van der Waals surface area contributed by atoms with Gasteiger partial charge in [-0.25, -0.2) is 0 Å². The van der Waals surface area contributed by atoms with Gasteiger partial charge in [0.25, 0.3) is 5.91 Å². The van der Waals surface area contributed by atoms with Gasteiger partial charge in [0.15, 0.2) is 0 Å². The van der Waals surface area contributed by atoms with Crippen LogP contribution in [-0.2, 0) is 13.1 Å². The van der Waals surface area contributed by atoms with Crippen molar-refractivity contribution in [2.24, 2.45) is 5.73 Å². The molecule has 0 atom stereocenters. The van der Waals surface area contributed by atoms with Gasteiger partial charge in [-0.05, 0) is 35.4 Å². The highest BCUT2D eigenvalue weighted by atomic mass is 35.5. The standard InChI is InChI=1S/C25H21ClN4O2/c26-21-11-9-19(10-12-21)23-22(16-30(29-23)15-17-5-2-1-3-6-17)25(32)28-14-18-7-4-8-20(13-18)24(27)31/h1-13,16H,14-15H2,(H2,27,31)(H,28,32). The lowest BCUT2D eigenvalue weighted by molar-refractivity contribution is 0.0950. The van der Waals surface area contributed by atoms with Gasteiger partial charge in [0.05, 0.1) is 12.1 Å². The number of nitrogens with zero attached hydrogens (tertiary/aromatic N) is 2. The average molecular weight is 445 g/mol. The first-order valence-electron chi connectivity index (χ1n) is 10.0. The maximum atomic E-state index is 13.1. The summed E-state index contributed by atoms with van der Waals surface area (Å²) in [4.78, 5) is 24.5. The van der Waals surface area contributed by atoms with Crippen molar-refractivity contribution in [2.75, 3.05) is 0 Å². The average Bonchev–Trinajstić information content (AvgIpc) is 3.22. The molecule has 0 spiro atoms. The summed E-state index contributed by atoms with van der Waals surface area (Å²) in [5.74, 6) is -0.774. The second-order valence-corrected chi connectivity index (χ2v) is 7.77. The van der Waals surface area contributed by atoms with E-state index in [0.29, 0.717) is 28.4 Å². The number of aromatic nitrogens is 2. The molecule has 0 radical (unpaired) electrons. The van der Waals surface area contributed by atoms with E-state index in [9.17, 15) is 9.59 Å². The van der Waals surface area contributed by atoms with Gasteiger partial charge in [-0.1, -0.05) is 66.2 Å². The summed E-state index contributed by atoms with van der Waals surface area (Å²) in [5, 5.41) is 8.19. The molecule has 6 nitrogen and oxygen atoms in total. The second kappa shape index (κ2) is 9.49. The first-order chi connectivity index (χ1) is 15.5. The molecule has 32 heavy (non-hydrogen) atoms. The second-order valence-electron chi connectivity index (χ2n) is 7.33. The number of hydrogen-bond acceptors (Lipinski definition) is 3. The van der Waals surface area contributed by atoms with E-state index in [1.807, 2.05) is 48.5 Å². The van der Waals surface area contributed by atoms with Crippen LogP contribution in [-0.4, -0.2) is 21.6 Å². The lowest BCUT2D eigenvalue weighted by Crippen LogP contribution is -2.23. The maximum absolute atomic E-state index is 13.1.